The van der Waals surface area contributed by atoms with Crippen LogP contribution in [0.1, 0.15) is 12.0 Å². The summed E-state index contributed by atoms with van der Waals surface area (Å²) in [5.41, 5.74) is 2.55. The predicted octanol–water partition coefficient (Wildman–Crippen LogP) is 1.82. The quantitative estimate of drug-likeness (QED) is 0.799. The topological polar surface area (TPSA) is 30.5 Å². The molecule has 15 heavy (non-hydrogen) atoms. The largest absolute Gasteiger partial charge is 0.488 e. The Hall–Kier alpha value is -1.22. The zero-order chi connectivity index (χ0) is 10.1. The maximum atomic E-state index is 5.95. The molecule has 1 fully saturated rings. The number of ether oxygens (including phenoxy) is 2. The van der Waals surface area contributed by atoms with Crippen LogP contribution in [0.15, 0.2) is 18.2 Å². The summed E-state index contributed by atoms with van der Waals surface area (Å²) in [4.78, 5) is 0. The van der Waals surface area contributed by atoms with E-state index in [1.165, 1.54) is 11.3 Å². The van der Waals surface area contributed by atoms with E-state index in [1.54, 1.807) is 0 Å². The molecule has 2 aliphatic heterocycles. The first-order chi connectivity index (χ1) is 7.43. The predicted molar refractivity (Wildman–Crippen MR) is 58.5 cm³/mol. The van der Waals surface area contributed by atoms with Crippen molar-refractivity contribution < 1.29 is 9.47 Å². The third-order valence-electron chi connectivity index (χ3n) is 3.01. The fourth-order valence-electron chi connectivity index (χ4n) is 2.21. The van der Waals surface area contributed by atoms with E-state index in [9.17, 15) is 0 Å². The average molecular weight is 205 g/mol. The second-order valence-electron chi connectivity index (χ2n) is 4.06. The average Bonchev–Trinajstić information content (AvgIpc) is 2.87. The number of anilines is 1. The van der Waals surface area contributed by atoms with Crippen LogP contribution in [0, 0.1) is 0 Å². The van der Waals surface area contributed by atoms with Gasteiger partial charge in [0.05, 0.1) is 13.2 Å². The number of rotatable bonds is 2. The molecule has 0 aliphatic carbocycles. The normalized spacial score (nSPS) is 23.6. The molecule has 0 saturated carbocycles. The van der Waals surface area contributed by atoms with Crippen molar-refractivity contribution >= 4 is 5.69 Å². The maximum absolute atomic E-state index is 5.95. The number of hydrogen-bond acceptors (Lipinski definition) is 3. The van der Waals surface area contributed by atoms with Gasteiger partial charge in [-0.3, -0.25) is 0 Å². The minimum Gasteiger partial charge on any atom is -0.488 e. The summed E-state index contributed by atoms with van der Waals surface area (Å²) in [6.45, 7) is 2.59. The van der Waals surface area contributed by atoms with Crippen LogP contribution in [-0.2, 0) is 11.2 Å². The Morgan fingerprint density at radius 2 is 2.40 bits per heavy atom. The van der Waals surface area contributed by atoms with Gasteiger partial charge < -0.3 is 14.8 Å². The summed E-state index contributed by atoms with van der Waals surface area (Å²) in [5, 5.41) is 3.35. The van der Waals surface area contributed by atoms with E-state index in [1.807, 2.05) is 6.07 Å². The number of benzene rings is 1. The molecule has 3 rings (SSSR count). The van der Waals surface area contributed by atoms with Crippen LogP contribution in [0.4, 0.5) is 5.69 Å². The molecular formula is C12H15NO2. The molecule has 0 aromatic heterocycles. The van der Waals surface area contributed by atoms with Gasteiger partial charge >= 0.3 is 0 Å². The molecule has 0 bridgehead atoms. The molecule has 1 N–H and O–H groups in total. The van der Waals surface area contributed by atoms with Gasteiger partial charge in [0, 0.05) is 24.2 Å². The minimum absolute atomic E-state index is 0.247. The molecule has 0 radical (unpaired) electrons. The highest BCUT2D eigenvalue weighted by molar-refractivity contribution is 5.61. The molecular weight excluding hydrogens is 190 g/mol. The van der Waals surface area contributed by atoms with Crippen LogP contribution in [0.5, 0.6) is 5.75 Å². The molecule has 1 atom stereocenters. The Kier molecular flexibility index (Phi) is 2.25. The maximum Gasteiger partial charge on any atom is 0.125 e. The highest BCUT2D eigenvalue weighted by atomic mass is 16.5. The van der Waals surface area contributed by atoms with Gasteiger partial charge in [-0.05, 0) is 18.6 Å². The number of nitrogens with one attached hydrogen (secondary N) is 1. The van der Waals surface area contributed by atoms with E-state index in [-0.39, 0.29) is 6.10 Å². The lowest BCUT2D eigenvalue weighted by molar-refractivity contribution is 0.141. The third-order valence-corrected chi connectivity index (χ3v) is 3.01. The summed E-state index contributed by atoms with van der Waals surface area (Å²) in [5.74, 6) is 1.04. The van der Waals surface area contributed by atoms with Crippen LogP contribution < -0.4 is 10.1 Å². The lowest BCUT2D eigenvalue weighted by Gasteiger charge is -2.14. The first-order valence-electron chi connectivity index (χ1n) is 5.53. The van der Waals surface area contributed by atoms with Crippen molar-refractivity contribution in [2.24, 2.45) is 0 Å². The Morgan fingerprint density at radius 1 is 1.40 bits per heavy atom. The van der Waals surface area contributed by atoms with E-state index in [4.69, 9.17) is 9.47 Å². The smallest absolute Gasteiger partial charge is 0.125 e. The number of hydrogen-bond donors (Lipinski definition) is 1. The van der Waals surface area contributed by atoms with Gasteiger partial charge in [0.1, 0.15) is 11.9 Å². The van der Waals surface area contributed by atoms with Gasteiger partial charge in [-0.1, -0.05) is 6.07 Å². The summed E-state index contributed by atoms with van der Waals surface area (Å²) in [6, 6.07) is 6.22. The fraction of sp³-hybridized carbons (Fsp3) is 0.500. The molecule has 1 saturated heterocycles. The van der Waals surface area contributed by atoms with Gasteiger partial charge in [-0.2, -0.15) is 0 Å². The van der Waals surface area contributed by atoms with Gasteiger partial charge in [0.2, 0.25) is 0 Å². The second kappa shape index (κ2) is 3.74. The van der Waals surface area contributed by atoms with Crippen LogP contribution in [0.3, 0.4) is 0 Å². The Balaban J connectivity index is 1.82. The highest BCUT2D eigenvalue weighted by Crippen LogP contribution is 2.32. The zero-order valence-electron chi connectivity index (χ0n) is 8.66. The summed E-state index contributed by atoms with van der Waals surface area (Å²) in [6.07, 6.45) is 2.33. The summed E-state index contributed by atoms with van der Waals surface area (Å²) >= 11 is 0. The van der Waals surface area contributed by atoms with Crippen LogP contribution >= 0.6 is 0 Å². The summed E-state index contributed by atoms with van der Waals surface area (Å²) in [7, 11) is 0. The molecule has 1 aromatic rings. The van der Waals surface area contributed by atoms with E-state index < -0.39 is 0 Å². The van der Waals surface area contributed by atoms with Gasteiger partial charge in [0.25, 0.3) is 0 Å². The van der Waals surface area contributed by atoms with E-state index >= 15 is 0 Å². The zero-order valence-corrected chi connectivity index (χ0v) is 8.66. The molecule has 0 amide bonds. The summed E-state index contributed by atoms with van der Waals surface area (Å²) < 4.78 is 11.3. The molecule has 2 heterocycles. The van der Waals surface area contributed by atoms with E-state index in [0.29, 0.717) is 0 Å². The fourth-order valence-corrected chi connectivity index (χ4v) is 2.21. The molecule has 2 aliphatic rings. The SMILES string of the molecule is c1cc2c(c(OC3CCOC3)c1)CCN2. The minimum atomic E-state index is 0.247. The second-order valence-corrected chi connectivity index (χ2v) is 4.06. The van der Waals surface area contributed by atoms with Crippen molar-refractivity contribution in [3.8, 4) is 5.75 Å². The van der Waals surface area contributed by atoms with Gasteiger partial charge in [-0.25, -0.2) is 0 Å². The standard InChI is InChI=1S/C12H15NO2/c1-2-11-10(4-6-13-11)12(3-1)15-9-5-7-14-8-9/h1-3,9,13H,4-8H2. The van der Waals surface area contributed by atoms with Crippen molar-refractivity contribution in [2.45, 2.75) is 18.9 Å². The van der Waals surface area contributed by atoms with Crippen molar-refractivity contribution in [3.63, 3.8) is 0 Å². The monoisotopic (exact) mass is 205 g/mol. The van der Waals surface area contributed by atoms with Gasteiger partial charge in [0.15, 0.2) is 0 Å². The van der Waals surface area contributed by atoms with Crippen LogP contribution in [0.25, 0.3) is 0 Å². The van der Waals surface area contributed by atoms with Crippen LogP contribution in [0.2, 0.25) is 0 Å². The van der Waals surface area contributed by atoms with Crippen molar-refractivity contribution in [2.75, 3.05) is 25.1 Å². The number of fused-ring (bicyclic) bond motifs is 1. The molecule has 0 spiro atoms. The molecule has 80 valence electrons. The molecule has 1 unspecified atom stereocenters. The molecule has 3 heteroatoms. The van der Waals surface area contributed by atoms with Crippen molar-refractivity contribution in [1.82, 2.24) is 0 Å². The van der Waals surface area contributed by atoms with Crippen molar-refractivity contribution in [3.05, 3.63) is 23.8 Å². The Morgan fingerprint density at radius 3 is 3.27 bits per heavy atom. The van der Waals surface area contributed by atoms with Gasteiger partial charge in [-0.15, -0.1) is 0 Å². The van der Waals surface area contributed by atoms with E-state index in [2.05, 4.69) is 17.4 Å². The van der Waals surface area contributed by atoms with E-state index in [0.717, 1.165) is 38.3 Å². The first kappa shape index (κ1) is 9.04. The first-order valence-corrected chi connectivity index (χ1v) is 5.53. The molecule has 3 nitrogen and oxygen atoms in total. The van der Waals surface area contributed by atoms with Crippen molar-refractivity contribution in [1.29, 1.82) is 0 Å². The molecule has 1 aromatic carbocycles. The lowest BCUT2D eigenvalue weighted by atomic mass is 10.1. The third kappa shape index (κ3) is 1.67. The Bertz CT molecular complexity index is 359. The Labute approximate surface area is 89.4 Å². The highest BCUT2D eigenvalue weighted by Gasteiger charge is 2.21. The lowest BCUT2D eigenvalue weighted by Crippen LogP contribution is -2.16. The van der Waals surface area contributed by atoms with Crippen LogP contribution in [-0.4, -0.2) is 25.9 Å².